The molecule has 39 heavy (non-hydrogen) atoms. The highest BCUT2D eigenvalue weighted by Gasteiger charge is 2.23. The molecular formula is C31H45F2N3O3. The fourth-order valence-electron chi connectivity index (χ4n) is 4.92. The van der Waals surface area contributed by atoms with Crippen molar-refractivity contribution in [2.75, 3.05) is 46.4 Å². The van der Waals surface area contributed by atoms with Crippen LogP contribution < -0.4 is 5.32 Å². The second kappa shape index (κ2) is 17.0. The van der Waals surface area contributed by atoms with Crippen LogP contribution in [0, 0.1) is 25.5 Å². The second-order valence-corrected chi connectivity index (χ2v) is 10.2. The number of carbonyl (C=O) groups excluding carboxylic acids is 2. The van der Waals surface area contributed by atoms with Crippen LogP contribution in [0.5, 0.6) is 0 Å². The van der Waals surface area contributed by atoms with E-state index in [0.717, 1.165) is 63.7 Å². The van der Waals surface area contributed by atoms with Crippen molar-refractivity contribution in [2.24, 2.45) is 0 Å². The largest absolute Gasteiger partial charge is 0.383 e. The number of likely N-dealkylation sites (tertiary alicyclic amines) is 1. The van der Waals surface area contributed by atoms with Gasteiger partial charge in [-0.2, -0.15) is 0 Å². The van der Waals surface area contributed by atoms with Crippen molar-refractivity contribution in [3.05, 3.63) is 70.3 Å². The Hall–Kier alpha value is -2.84. The molecule has 1 atom stereocenters. The van der Waals surface area contributed by atoms with E-state index in [9.17, 15) is 18.4 Å². The Morgan fingerprint density at radius 3 is 2.18 bits per heavy atom. The third kappa shape index (κ3) is 11.0. The zero-order valence-electron chi connectivity index (χ0n) is 24.2. The van der Waals surface area contributed by atoms with Gasteiger partial charge >= 0.3 is 0 Å². The number of benzene rings is 2. The van der Waals surface area contributed by atoms with E-state index < -0.39 is 11.6 Å². The summed E-state index contributed by atoms with van der Waals surface area (Å²) >= 11 is 0. The zero-order chi connectivity index (χ0) is 28.8. The van der Waals surface area contributed by atoms with Gasteiger partial charge in [0.05, 0.1) is 6.61 Å². The van der Waals surface area contributed by atoms with E-state index in [1.807, 2.05) is 24.0 Å². The lowest BCUT2D eigenvalue weighted by Gasteiger charge is -2.23. The van der Waals surface area contributed by atoms with Crippen LogP contribution in [-0.4, -0.2) is 74.1 Å². The fourth-order valence-corrected chi connectivity index (χ4v) is 4.92. The lowest BCUT2D eigenvalue weighted by atomic mass is 10.0. The van der Waals surface area contributed by atoms with Gasteiger partial charge in [-0.3, -0.25) is 14.5 Å². The minimum absolute atomic E-state index is 0.00895. The molecule has 1 saturated heterocycles. The molecule has 0 radical (unpaired) electrons. The molecular weight excluding hydrogens is 500 g/mol. The molecule has 0 aromatic heterocycles. The smallest absolute Gasteiger partial charge is 0.253 e. The summed E-state index contributed by atoms with van der Waals surface area (Å²) in [5, 5.41) is 3.02. The summed E-state index contributed by atoms with van der Waals surface area (Å²) in [5.41, 5.74) is 2.69. The van der Waals surface area contributed by atoms with Crippen molar-refractivity contribution < 1.29 is 23.1 Å². The van der Waals surface area contributed by atoms with Gasteiger partial charge in [0.1, 0.15) is 11.6 Å². The summed E-state index contributed by atoms with van der Waals surface area (Å²) in [4.78, 5) is 29.9. The quantitative estimate of drug-likeness (QED) is 0.345. The first-order valence-corrected chi connectivity index (χ1v) is 14.0. The molecule has 0 aliphatic carbocycles. The van der Waals surface area contributed by atoms with E-state index in [0.29, 0.717) is 29.3 Å². The van der Waals surface area contributed by atoms with Gasteiger partial charge in [0.25, 0.3) is 11.8 Å². The molecule has 216 valence electrons. The number of rotatable bonds is 12. The average Bonchev–Trinajstić information content (AvgIpc) is 3.32. The first-order valence-electron chi connectivity index (χ1n) is 14.0. The molecule has 2 aromatic rings. The maximum absolute atomic E-state index is 12.9. The van der Waals surface area contributed by atoms with E-state index in [2.05, 4.69) is 24.1 Å². The SMILES string of the molecule is CCCN(CCC)C(=O)c1cc(C)cc(C(=O)NCCCN2CCCC2COC)c1.Cc1cc(F)cc(F)c1. The number of halogens is 2. The van der Waals surface area contributed by atoms with Crippen LogP contribution in [0.1, 0.15) is 77.8 Å². The number of nitrogens with one attached hydrogen (secondary N) is 1. The fraction of sp³-hybridized carbons (Fsp3) is 0.548. The van der Waals surface area contributed by atoms with E-state index >= 15 is 0 Å². The summed E-state index contributed by atoms with van der Waals surface area (Å²) in [6.07, 6.45) is 5.16. The van der Waals surface area contributed by atoms with Crippen LogP contribution in [0.15, 0.2) is 36.4 Å². The first kappa shape index (κ1) is 32.4. The number of ether oxygens (including phenoxy) is 1. The Bertz CT molecular complexity index is 1010. The Kier molecular flexibility index (Phi) is 14.1. The maximum atomic E-state index is 12.9. The molecule has 6 nitrogen and oxygen atoms in total. The van der Waals surface area contributed by atoms with Crippen molar-refractivity contribution in [3.63, 3.8) is 0 Å². The highest BCUT2D eigenvalue weighted by atomic mass is 19.1. The van der Waals surface area contributed by atoms with Crippen molar-refractivity contribution in [1.82, 2.24) is 15.1 Å². The van der Waals surface area contributed by atoms with Crippen molar-refractivity contribution in [1.29, 1.82) is 0 Å². The van der Waals surface area contributed by atoms with Gasteiger partial charge in [0.15, 0.2) is 0 Å². The molecule has 1 unspecified atom stereocenters. The predicted octanol–water partition coefficient (Wildman–Crippen LogP) is 5.76. The topological polar surface area (TPSA) is 61.9 Å². The number of methoxy groups -OCH3 is 1. The monoisotopic (exact) mass is 545 g/mol. The minimum atomic E-state index is -0.521. The van der Waals surface area contributed by atoms with E-state index in [1.165, 1.54) is 25.0 Å². The molecule has 1 N–H and O–H groups in total. The summed E-state index contributed by atoms with van der Waals surface area (Å²) in [6.45, 7) is 12.7. The Morgan fingerprint density at radius 1 is 0.974 bits per heavy atom. The first-order chi connectivity index (χ1) is 18.7. The molecule has 2 aromatic carbocycles. The molecule has 3 rings (SSSR count). The van der Waals surface area contributed by atoms with Crippen LogP contribution in [-0.2, 0) is 4.74 Å². The number of amides is 2. The number of nitrogens with zero attached hydrogens (tertiary/aromatic N) is 2. The van der Waals surface area contributed by atoms with Crippen LogP contribution in [0.2, 0.25) is 0 Å². The normalized spacial score (nSPS) is 15.0. The highest BCUT2D eigenvalue weighted by molar-refractivity contribution is 6.00. The molecule has 1 aliphatic heterocycles. The van der Waals surface area contributed by atoms with Crippen LogP contribution in [0.4, 0.5) is 8.78 Å². The minimum Gasteiger partial charge on any atom is -0.383 e. The second-order valence-electron chi connectivity index (χ2n) is 10.2. The molecule has 0 saturated carbocycles. The number of aryl methyl sites for hydroxylation is 2. The summed E-state index contributed by atoms with van der Waals surface area (Å²) in [6, 6.07) is 9.38. The van der Waals surface area contributed by atoms with Gasteiger partial charge in [-0.15, -0.1) is 0 Å². The lowest BCUT2D eigenvalue weighted by molar-refractivity contribution is 0.0755. The predicted molar refractivity (Wildman–Crippen MR) is 152 cm³/mol. The van der Waals surface area contributed by atoms with E-state index in [-0.39, 0.29) is 11.8 Å². The molecule has 8 heteroatoms. The van der Waals surface area contributed by atoms with Crippen molar-refractivity contribution in [3.8, 4) is 0 Å². The van der Waals surface area contributed by atoms with Crippen LogP contribution in [0.25, 0.3) is 0 Å². The third-order valence-corrected chi connectivity index (χ3v) is 6.63. The van der Waals surface area contributed by atoms with E-state index in [1.54, 1.807) is 20.1 Å². The van der Waals surface area contributed by atoms with Gasteiger partial charge in [-0.05, 0) is 94.0 Å². The number of carbonyl (C=O) groups is 2. The van der Waals surface area contributed by atoms with E-state index in [4.69, 9.17) is 4.74 Å². The van der Waals surface area contributed by atoms with Gasteiger partial charge in [-0.1, -0.05) is 13.8 Å². The Balaban J connectivity index is 0.000000499. The standard InChI is InChI=1S/C24H39N3O3.C7H6F2/c1-5-11-27(12-6-2)24(29)21-16-19(3)15-20(17-21)23(28)25-10-8-14-26-13-7-9-22(26)18-30-4;1-5-2-6(8)4-7(9)3-5/h15-17,22H,5-14,18H2,1-4H3,(H,25,28);2-4H,1H3. The third-order valence-electron chi connectivity index (χ3n) is 6.63. The molecule has 0 bridgehead atoms. The molecule has 1 heterocycles. The molecule has 0 spiro atoms. The summed E-state index contributed by atoms with van der Waals surface area (Å²) in [7, 11) is 1.75. The summed E-state index contributed by atoms with van der Waals surface area (Å²) in [5.74, 6) is -1.14. The van der Waals surface area contributed by atoms with Gasteiger partial charge in [-0.25, -0.2) is 8.78 Å². The zero-order valence-corrected chi connectivity index (χ0v) is 24.2. The van der Waals surface area contributed by atoms with Gasteiger partial charge < -0.3 is 15.0 Å². The molecule has 1 aliphatic rings. The lowest BCUT2D eigenvalue weighted by Crippen LogP contribution is -2.35. The Morgan fingerprint density at radius 2 is 1.59 bits per heavy atom. The maximum Gasteiger partial charge on any atom is 0.253 e. The van der Waals surface area contributed by atoms with Crippen molar-refractivity contribution >= 4 is 11.8 Å². The Labute approximate surface area is 232 Å². The van der Waals surface area contributed by atoms with Crippen LogP contribution >= 0.6 is 0 Å². The molecule has 2 amide bonds. The van der Waals surface area contributed by atoms with Crippen molar-refractivity contribution in [2.45, 2.75) is 65.8 Å². The highest BCUT2D eigenvalue weighted by Crippen LogP contribution is 2.17. The molecule has 1 fully saturated rings. The summed E-state index contributed by atoms with van der Waals surface area (Å²) < 4.78 is 29.7. The number of hydrogen-bond acceptors (Lipinski definition) is 4. The van der Waals surface area contributed by atoms with Gasteiger partial charge in [0.2, 0.25) is 0 Å². The number of hydrogen-bond donors (Lipinski definition) is 1. The van der Waals surface area contributed by atoms with Crippen LogP contribution in [0.3, 0.4) is 0 Å². The van der Waals surface area contributed by atoms with Gasteiger partial charge in [0, 0.05) is 56.5 Å². The average molecular weight is 546 g/mol.